The molecule has 2 N–H and O–H groups in total. The van der Waals surface area contributed by atoms with Gasteiger partial charge in [0.2, 0.25) is 0 Å². The lowest BCUT2D eigenvalue weighted by molar-refractivity contribution is -0.392. The highest BCUT2D eigenvalue weighted by Crippen LogP contribution is 2.37. The Kier molecular flexibility index (Phi) is 4.70. The highest BCUT2D eigenvalue weighted by atomic mass is 16.6. The van der Waals surface area contributed by atoms with Gasteiger partial charge in [-0.05, 0) is 12.1 Å². The van der Waals surface area contributed by atoms with Gasteiger partial charge in [-0.15, -0.1) is 10.2 Å². The normalized spacial score (nSPS) is 10.2. The average Bonchev–Trinajstić information content (AvgIpc) is 3.15. The molecule has 0 aliphatic heterocycles. The molecule has 0 fully saturated rings. The van der Waals surface area contributed by atoms with E-state index in [1.54, 1.807) is 30.3 Å². The third-order valence-electron chi connectivity index (χ3n) is 3.44. The number of nitrogens with one attached hydrogen (secondary N) is 2. The number of nitro groups is 2. The number of para-hydroxylation sites is 1. The summed E-state index contributed by atoms with van der Waals surface area (Å²) in [5.74, 6) is -0.799. The van der Waals surface area contributed by atoms with Crippen LogP contribution >= 0.6 is 0 Å². The number of aromatic nitrogens is 3. The molecule has 0 saturated carbocycles. The molecule has 12 heteroatoms. The van der Waals surface area contributed by atoms with Crippen molar-refractivity contribution < 1.29 is 14.6 Å². The molecule has 0 radical (unpaired) electrons. The molecule has 1 aromatic heterocycles. The zero-order valence-corrected chi connectivity index (χ0v) is 13.5. The number of nitrogens with zero attached hydrogens (tertiary/aromatic N) is 5. The topological polar surface area (TPSA) is 158 Å². The molecule has 27 heavy (non-hydrogen) atoms. The third kappa shape index (κ3) is 3.84. The van der Waals surface area contributed by atoms with Crippen LogP contribution in [0.2, 0.25) is 0 Å². The molecule has 1 heterocycles. The van der Waals surface area contributed by atoms with Crippen molar-refractivity contribution in [3.8, 4) is 0 Å². The number of carbonyl (C=O) groups excluding carboxylic acids is 1. The number of nitro benzene ring substituents is 2. The minimum absolute atomic E-state index is 0.263. The standard InChI is InChI=1S/C15H11N7O5/c23-15(19-20-8-16-17-9-20)10-6-12(21(24)25)14(13(7-10)22(26)27)18-11-4-2-1-3-5-11/h1-9,18H,(H,19,23). The first-order valence-corrected chi connectivity index (χ1v) is 7.40. The summed E-state index contributed by atoms with van der Waals surface area (Å²) in [5.41, 5.74) is 0.944. The van der Waals surface area contributed by atoms with Gasteiger partial charge < -0.3 is 5.32 Å². The SMILES string of the molecule is O=C(Nn1cnnc1)c1cc([N+](=O)[O-])c(Nc2ccccc2)c([N+](=O)[O-])c1. The van der Waals surface area contributed by atoms with Crippen molar-refractivity contribution in [1.29, 1.82) is 0 Å². The molecule has 0 aliphatic carbocycles. The van der Waals surface area contributed by atoms with Crippen LogP contribution in [0.3, 0.4) is 0 Å². The number of hydrogen-bond donors (Lipinski definition) is 2. The van der Waals surface area contributed by atoms with Crippen LogP contribution in [0.1, 0.15) is 10.4 Å². The van der Waals surface area contributed by atoms with Crippen molar-refractivity contribution in [3.63, 3.8) is 0 Å². The number of amides is 1. The highest BCUT2D eigenvalue weighted by Gasteiger charge is 2.29. The molecular formula is C15H11N7O5. The van der Waals surface area contributed by atoms with Gasteiger partial charge >= 0.3 is 11.4 Å². The first-order chi connectivity index (χ1) is 13.0. The van der Waals surface area contributed by atoms with Crippen LogP contribution in [0, 0.1) is 20.2 Å². The summed E-state index contributed by atoms with van der Waals surface area (Å²) in [6.07, 6.45) is 2.37. The zero-order valence-electron chi connectivity index (χ0n) is 13.5. The van der Waals surface area contributed by atoms with E-state index in [2.05, 4.69) is 20.9 Å². The third-order valence-corrected chi connectivity index (χ3v) is 3.44. The van der Waals surface area contributed by atoms with Crippen LogP contribution in [-0.2, 0) is 0 Å². The van der Waals surface area contributed by atoms with Gasteiger partial charge in [0, 0.05) is 17.8 Å². The number of benzene rings is 2. The van der Waals surface area contributed by atoms with E-state index < -0.39 is 27.1 Å². The van der Waals surface area contributed by atoms with E-state index in [-0.39, 0.29) is 11.3 Å². The maximum Gasteiger partial charge on any atom is 0.300 e. The van der Waals surface area contributed by atoms with Crippen LogP contribution in [0.15, 0.2) is 55.1 Å². The van der Waals surface area contributed by atoms with E-state index in [0.29, 0.717) is 5.69 Å². The quantitative estimate of drug-likeness (QED) is 0.494. The van der Waals surface area contributed by atoms with Crippen LogP contribution in [0.5, 0.6) is 0 Å². The van der Waals surface area contributed by atoms with Gasteiger partial charge in [0.15, 0.2) is 5.69 Å². The summed E-state index contributed by atoms with van der Waals surface area (Å²) >= 11 is 0. The predicted molar refractivity (Wildman–Crippen MR) is 93.2 cm³/mol. The van der Waals surface area contributed by atoms with E-state index in [4.69, 9.17) is 0 Å². The first kappa shape index (κ1) is 17.5. The van der Waals surface area contributed by atoms with Gasteiger partial charge in [0.1, 0.15) is 12.7 Å². The average molecular weight is 369 g/mol. The molecule has 0 bridgehead atoms. The minimum atomic E-state index is -0.799. The van der Waals surface area contributed by atoms with Crippen LogP contribution in [-0.4, -0.2) is 30.6 Å². The van der Waals surface area contributed by atoms with Crippen LogP contribution < -0.4 is 10.7 Å². The Balaban J connectivity index is 2.06. The molecule has 0 aliphatic rings. The Morgan fingerprint density at radius 3 is 2.04 bits per heavy atom. The van der Waals surface area contributed by atoms with Gasteiger partial charge in [-0.1, -0.05) is 18.2 Å². The van der Waals surface area contributed by atoms with Crippen LogP contribution in [0.4, 0.5) is 22.7 Å². The fourth-order valence-corrected chi connectivity index (χ4v) is 2.27. The molecule has 136 valence electrons. The lowest BCUT2D eigenvalue weighted by Gasteiger charge is -2.10. The maximum absolute atomic E-state index is 12.3. The predicted octanol–water partition coefficient (Wildman–Crippen LogP) is 2.22. The second-order valence-electron chi connectivity index (χ2n) is 5.20. The summed E-state index contributed by atoms with van der Waals surface area (Å²) in [4.78, 5) is 33.6. The fraction of sp³-hybridized carbons (Fsp3) is 0. The van der Waals surface area contributed by atoms with E-state index in [1.807, 2.05) is 0 Å². The van der Waals surface area contributed by atoms with Gasteiger partial charge in [-0.3, -0.25) is 30.4 Å². The van der Waals surface area contributed by atoms with E-state index in [9.17, 15) is 25.0 Å². The second kappa shape index (κ2) is 7.26. The molecule has 3 rings (SSSR count). The Morgan fingerprint density at radius 2 is 1.52 bits per heavy atom. The number of rotatable bonds is 6. The van der Waals surface area contributed by atoms with Gasteiger partial charge in [0.05, 0.1) is 15.4 Å². The van der Waals surface area contributed by atoms with Crippen molar-refractivity contribution in [3.05, 3.63) is 80.9 Å². The summed E-state index contributed by atoms with van der Waals surface area (Å²) in [7, 11) is 0. The zero-order chi connectivity index (χ0) is 19.4. The summed E-state index contributed by atoms with van der Waals surface area (Å²) in [6, 6.07) is 10.2. The molecule has 2 aromatic carbocycles. The Labute approximate surface area is 150 Å². The molecular weight excluding hydrogens is 358 g/mol. The first-order valence-electron chi connectivity index (χ1n) is 7.40. The van der Waals surface area contributed by atoms with Crippen molar-refractivity contribution in [2.45, 2.75) is 0 Å². The van der Waals surface area contributed by atoms with Crippen molar-refractivity contribution in [2.24, 2.45) is 0 Å². The Hall–Kier alpha value is -4.35. The van der Waals surface area contributed by atoms with E-state index in [1.165, 1.54) is 12.7 Å². The highest BCUT2D eigenvalue weighted by molar-refractivity contribution is 6.02. The van der Waals surface area contributed by atoms with Crippen molar-refractivity contribution in [2.75, 3.05) is 10.7 Å². The largest absolute Gasteiger partial charge is 0.344 e. The molecule has 0 atom stereocenters. The molecule has 0 saturated heterocycles. The Bertz CT molecular complexity index is 970. The lowest BCUT2D eigenvalue weighted by atomic mass is 10.1. The smallest absolute Gasteiger partial charge is 0.300 e. The molecule has 0 unspecified atom stereocenters. The van der Waals surface area contributed by atoms with Gasteiger partial charge in [0.25, 0.3) is 5.91 Å². The van der Waals surface area contributed by atoms with Crippen molar-refractivity contribution in [1.82, 2.24) is 14.9 Å². The van der Waals surface area contributed by atoms with E-state index >= 15 is 0 Å². The van der Waals surface area contributed by atoms with Crippen molar-refractivity contribution >= 4 is 28.7 Å². The monoisotopic (exact) mass is 369 g/mol. The van der Waals surface area contributed by atoms with Crippen LogP contribution in [0.25, 0.3) is 0 Å². The number of anilines is 2. The fourth-order valence-electron chi connectivity index (χ4n) is 2.27. The lowest BCUT2D eigenvalue weighted by Crippen LogP contribution is -2.22. The van der Waals surface area contributed by atoms with Gasteiger partial charge in [-0.2, -0.15) is 0 Å². The summed E-state index contributed by atoms with van der Waals surface area (Å²) in [6.45, 7) is 0. The van der Waals surface area contributed by atoms with E-state index in [0.717, 1.165) is 16.8 Å². The molecule has 1 amide bonds. The minimum Gasteiger partial charge on any atom is -0.344 e. The molecule has 12 nitrogen and oxygen atoms in total. The molecule has 0 spiro atoms. The number of hydrogen-bond acceptors (Lipinski definition) is 8. The summed E-state index contributed by atoms with van der Waals surface area (Å²) < 4.78 is 1.11. The Morgan fingerprint density at radius 1 is 0.963 bits per heavy atom. The summed E-state index contributed by atoms with van der Waals surface area (Å²) in [5, 5.41) is 32.6. The molecule has 3 aromatic rings. The van der Waals surface area contributed by atoms with Gasteiger partial charge in [-0.25, -0.2) is 4.68 Å². The maximum atomic E-state index is 12.3. The number of carbonyl (C=O) groups is 1. The second-order valence-corrected chi connectivity index (χ2v) is 5.20.